The van der Waals surface area contributed by atoms with Gasteiger partial charge in [0.1, 0.15) is 0 Å². The Morgan fingerprint density at radius 3 is 2.68 bits per heavy atom. The zero-order valence-electron chi connectivity index (χ0n) is 12.4. The highest BCUT2D eigenvalue weighted by Gasteiger charge is 2.47. The van der Waals surface area contributed by atoms with Crippen molar-refractivity contribution in [2.45, 2.75) is 58.5 Å². The van der Waals surface area contributed by atoms with Crippen molar-refractivity contribution in [3.8, 4) is 0 Å². The van der Waals surface area contributed by atoms with Gasteiger partial charge < -0.3 is 15.7 Å². The Labute approximate surface area is 116 Å². The van der Waals surface area contributed by atoms with Crippen LogP contribution in [-0.2, 0) is 4.79 Å². The first-order chi connectivity index (χ1) is 8.89. The molecule has 1 aliphatic heterocycles. The summed E-state index contributed by atoms with van der Waals surface area (Å²) in [5, 5.41) is 9.39. The second-order valence-electron chi connectivity index (χ2n) is 6.91. The SMILES string of the molecule is CC1C(N)CCC(C(=O)N2CCC[C@@H]2CO)C1(C)C. The van der Waals surface area contributed by atoms with Crippen molar-refractivity contribution in [1.29, 1.82) is 0 Å². The Morgan fingerprint density at radius 1 is 1.37 bits per heavy atom. The number of nitrogens with two attached hydrogens (primary N) is 1. The highest BCUT2D eigenvalue weighted by molar-refractivity contribution is 5.80. The van der Waals surface area contributed by atoms with Gasteiger partial charge in [-0.15, -0.1) is 0 Å². The minimum Gasteiger partial charge on any atom is -0.394 e. The van der Waals surface area contributed by atoms with E-state index in [0.717, 1.165) is 32.2 Å². The van der Waals surface area contributed by atoms with Gasteiger partial charge in [-0.25, -0.2) is 0 Å². The fourth-order valence-corrected chi connectivity index (χ4v) is 3.81. The molecule has 1 saturated heterocycles. The van der Waals surface area contributed by atoms with E-state index < -0.39 is 0 Å². The van der Waals surface area contributed by atoms with E-state index in [1.54, 1.807) is 0 Å². The normalized spacial score (nSPS) is 38.5. The molecule has 1 amide bonds. The average molecular weight is 268 g/mol. The van der Waals surface area contributed by atoms with Crippen molar-refractivity contribution >= 4 is 5.91 Å². The Bertz CT molecular complexity index is 343. The molecule has 19 heavy (non-hydrogen) atoms. The predicted octanol–water partition coefficient (Wildman–Crippen LogP) is 1.37. The molecule has 0 radical (unpaired) electrons. The lowest BCUT2D eigenvalue weighted by Crippen LogP contribution is -2.53. The minimum absolute atomic E-state index is 0.0363. The maximum absolute atomic E-state index is 12.8. The molecule has 0 aromatic carbocycles. The summed E-state index contributed by atoms with van der Waals surface area (Å²) in [5.41, 5.74) is 6.10. The fraction of sp³-hybridized carbons (Fsp3) is 0.933. The molecule has 0 aromatic heterocycles. The van der Waals surface area contributed by atoms with Crippen molar-refractivity contribution in [3.63, 3.8) is 0 Å². The highest BCUT2D eigenvalue weighted by atomic mass is 16.3. The van der Waals surface area contributed by atoms with Crippen LogP contribution in [0.15, 0.2) is 0 Å². The lowest BCUT2D eigenvalue weighted by molar-refractivity contribution is -0.145. The van der Waals surface area contributed by atoms with E-state index >= 15 is 0 Å². The summed E-state index contributed by atoms with van der Waals surface area (Å²) in [7, 11) is 0. The summed E-state index contributed by atoms with van der Waals surface area (Å²) >= 11 is 0. The standard InChI is InChI=1S/C15H28N2O2/c1-10-13(16)7-6-12(15(10,2)3)14(19)17-8-4-5-11(17)9-18/h10-13,18H,4-9,16H2,1-3H3/t10?,11-,12?,13?/m1/s1. The fourth-order valence-electron chi connectivity index (χ4n) is 3.81. The lowest BCUT2D eigenvalue weighted by Gasteiger charge is -2.47. The van der Waals surface area contributed by atoms with E-state index in [9.17, 15) is 9.90 Å². The van der Waals surface area contributed by atoms with Gasteiger partial charge in [0, 0.05) is 18.5 Å². The summed E-state index contributed by atoms with van der Waals surface area (Å²) in [6, 6.07) is 0.237. The van der Waals surface area contributed by atoms with Gasteiger partial charge in [-0.1, -0.05) is 20.8 Å². The van der Waals surface area contributed by atoms with Gasteiger partial charge in [-0.05, 0) is 37.0 Å². The number of rotatable bonds is 2. The van der Waals surface area contributed by atoms with Crippen molar-refractivity contribution < 1.29 is 9.90 Å². The van der Waals surface area contributed by atoms with Crippen LogP contribution >= 0.6 is 0 Å². The molecule has 2 fully saturated rings. The van der Waals surface area contributed by atoms with E-state index in [2.05, 4.69) is 20.8 Å². The molecule has 110 valence electrons. The molecule has 2 rings (SSSR count). The number of nitrogens with zero attached hydrogens (tertiary/aromatic N) is 1. The number of carbonyl (C=O) groups is 1. The monoisotopic (exact) mass is 268 g/mol. The molecule has 0 aromatic rings. The van der Waals surface area contributed by atoms with Crippen LogP contribution in [0.3, 0.4) is 0 Å². The van der Waals surface area contributed by atoms with Crippen LogP contribution in [0.25, 0.3) is 0 Å². The van der Waals surface area contributed by atoms with Crippen LogP contribution in [0.5, 0.6) is 0 Å². The highest BCUT2D eigenvalue weighted by Crippen LogP contribution is 2.45. The van der Waals surface area contributed by atoms with Gasteiger partial charge in [0.15, 0.2) is 0 Å². The van der Waals surface area contributed by atoms with Crippen molar-refractivity contribution in [1.82, 2.24) is 4.90 Å². The van der Waals surface area contributed by atoms with E-state index in [1.807, 2.05) is 4.90 Å². The molecular formula is C15H28N2O2. The maximum atomic E-state index is 12.8. The van der Waals surface area contributed by atoms with Gasteiger partial charge in [-0.3, -0.25) is 4.79 Å². The molecule has 0 spiro atoms. The van der Waals surface area contributed by atoms with E-state index in [-0.39, 0.29) is 35.9 Å². The Kier molecular flexibility index (Phi) is 4.21. The smallest absolute Gasteiger partial charge is 0.226 e. The molecule has 1 saturated carbocycles. The molecule has 3 unspecified atom stereocenters. The first-order valence-corrected chi connectivity index (χ1v) is 7.56. The largest absolute Gasteiger partial charge is 0.394 e. The molecular weight excluding hydrogens is 240 g/mol. The Balaban J connectivity index is 2.14. The van der Waals surface area contributed by atoms with E-state index in [1.165, 1.54) is 0 Å². The number of likely N-dealkylation sites (tertiary alicyclic amines) is 1. The number of hydrogen-bond acceptors (Lipinski definition) is 3. The molecule has 4 nitrogen and oxygen atoms in total. The van der Waals surface area contributed by atoms with Crippen molar-refractivity contribution in [2.24, 2.45) is 23.0 Å². The molecule has 1 heterocycles. The topological polar surface area (TPSA) is 66.6 Å². The quantitative estimate of drug-likeness (QED) is 0.795. The zero-order chi connectivity index (χ0) is 14.2. The van der Waals surface area contributed by atoms with Crippen LogP contribution in [0.1, 0.15) is 46.5 Å². The number of amides is 1. The minimum atomic E-state index is -0.0582. The third-order valence-corrected chi connectivity index (χ3v) is 5.67. The number of carbonyl (C=O) groups excluding carboxylic acids is 1. The first kappa shape index (κ1) is 14.8. The first-order valence-electron chi connectivity index (χ1n) is 7.56. The lowest BCUT2D eigenvalue weighted by atomic mass is 9.60. The van der Waals surface area contributed by atoms with E-state index in [4.69, 9.17) is 5.73 Å². The van der Waals surface area contributed by atoms with Gasteiger partial charge in [-0.2, -0.15) is 0 Å². The number of aliphatic hydroxyl groups is 1. The van der Waals surface area contributed by atoms with Gasteiger partial charge in [0.05, 0.1) is 12.6 Å². The molecule has 2 aliphatic rings. The van der Waals surface area contributed by atoms with Crippen molar-refractivity contribution in [3.05, 3.63) is 0 Å². The molecule has 3 N–H and O–H groups in total. The summed E-state index contributed by atoms with van der Waals surface area (Å²) in [5.74, 6) is 0.639. The molecule has 4 heteroatoms. The molecule has 0 bridgehead atoms. The predicted molar refractivity (Wildman–Crippen MR) is 75.5 cm³/mol. The second-order valence-corrected chi connectivity index (χ2v) is 6.91. The summed E-state index contributed by atoms with van der Waals surface area (Å²) < 4.78 is 0. The van der Waals surface area contributed by atoms with Crippen LogP contribution < -0.4 is 5.73 Å². The maximum Gasteiger partial charge on any atom is 0.226 e. The summed E-state index contributed by atoms with van der Waals surface area (Å²) in [4.78, 5) is 14.7. The van der Waals surface area contributed by atoms with Crippen LogP contribution in [0.4, 0.5) is 0 Å². The summed E-state index contributed by atoms with van der Waals surface area (Å²) in [6.07, 6.45) is 3.76. The van der Waals surface area contributed by atoms with Gasteiger partial charge in [0.25, 0.3) is 0 Å². The Morgan fingerprint density at radius 2 is 2.05 bits per heavy atom. The van der Waals surface area contributed by atoms with Crippen LogP contribution in [0, 0.1) is 17.3 Å². The van der Waals surface area contributed by atoms with Crippen molar-refractivity contribution in [2.75, 3.05) is 13.2 Å². The third-order valence-electron chi connectivity index (χ3n) is 5.67. The van der Waals surface area contributed by atoms with Crippen LogP contribution in [0.2, 0.25) is 0 Å². The number of aliphatic hydroxyl groups excluding tert-OH is 1. The summed E-state index contributed by atoms with van der Waals surface area (Å²) in [6.45, 7) is 7.40. The van der Waals surface area contributed by atoms with Crippen LogP contribution in [-0.4, -0.2) is 41.1 Å². The van der Waals surface area contributed by atoms with Gasteiger partial charge >= 0.3 is 0 Å². The third kappa shape index (κ3) is 2.52. The number of hydrogen-bond donors (Lipinski definition) is 2. The average Bonchev–Trinajstić information content (AvgIpc) is 2.83. The second kappa shape index (κ2) is 5.41. The van der Waals surface area contributed by atoms with Gasteiger partial charge in [0.2, 0.25) is 5.91 Å². The zero-order valence-corrected chi connectivity index (χ0v) is 12.4. The Hall–Kier alpha value is -0.610. The molecule has 4 atom stereocenters. The molecule has 1 aliphatic carbocycles. The van der Waals surface area contributed by atoms with E-state index in [0.29, 0.717) is 5.92 Å².